The first-order chi connectivity index (χ1) is 11.2. The third-order valence-corrected chi connectivity index (χ3v) is 4.76. The highest BCUT2D eigenvalue weighted by Gasteiger charge is 2.24. The van der Waals surface area contributed by atoms with Crippen molar-refractivity contribution in [3.63, 3.8) is 0 Å². The van der Waals surface area contributed by atoms with Crippen molar-refractivity contribution < 1.29 is 9.59 Å². The van der Waals surface area contributed by atoms with Crippen LogP contribution >= 0.6 is 0 Å². The molecule has 1 aliphatic carbocycles. The Bertz CT molecular complexity index is 731. The van der Waals surface area contributed by atoms with Crippen LogP contribution in [-0.4, -0.2) is 18.2 Å². The Morgan fingerprint density at radius 1 is 1.17 bits per heavy atom. The Labute approximate surface area is 137 Å². The van der Waals surface area contributed by atoms with E-state index in [0.717, 1.165) is 41.2 Å². The molecule has 0 saturated heterocycles. The molecule has 1 fully saturated rings. The number of Topliss-reactive ketones (excluding diaryl/α,β-unsaturated/α-hetero) is 1. The highest BCUT2D eigenvalue weighted by atomic mass is 16.2. The second-order valence-corrected chi connectivity index (χ2v) is 6.30. The number of amides is 1. The molecule has 3 heteroatoms. The molecular formula is C20H23NO2. The van der Waals surface area contributed by atoms with Gasteiger partial charge in [0, 0.05) is 24.4 Å². The van der Waals surface area contributed by atoms with E-state index in [1.165, 1.54) is 6.42 Å². The molecule has 0 spiro atoms. The summed E-state index contributed by atoms with van der Waals surface area (Å²) in [6, 6.07) is 12.1. The lowest BCUT2D eigenvalue weighted by molar-refractivity contribution is -0.127. The Balaban J connectivity index is 1.77. The molecule has 2 aromatic rings. The van der Waals surface area contributed by atoms with Gasteiger partial charge in [0.1, 0.15) is 0 Å². The van der Waals surface area contributed by atoms with Gasteiger partial charge in [-0.15, -0.1) is 0 Å². The van der Waals surface area contributed by atoms with Crippen molar-refractivity contribution in [1.82, 2.24) is 5.32 Å². The molecule has 0 aliphatic heterocycles. The smallest absolute Gasteiger partial charge is 0.223 e. The lowest BCUT2D eigenvalue weighted by Gasteiger charge is -2.24. The Hall–Kier alpha value is -2.16. The van der Waals surface area contributed by atoms with Gasteiger partial charge < -0.3 is 5.32 Å². The standard InChI is InChI=1S/C20H23NO2/c1-2-19(22)17-12-15-6-3-4-9-18(15)16(13-17)10-11-21-20(23)14-7-5-8-14/h3-4,6,9,12-14H,2,5,7-8,10-11H2,1H3,(H,21,23). The zero-order chi connectivity index (χ0) is 16.2. The monoisotopic (exact) mass is 309 g/mol. The van der Waals surface area contributed by atoms with E-state index in [1.807, 2.05) is 37.3 Å². The van der Waals surface area contributed by atoms with Gasteiger partial charge in [0.05, 0.1) is 0 Å². The Morgan fingerprint density at radius 2 is 1.96 bits per heavy atom. The number of ketones is 1. The molecule has 1 N–H and O–H groups in total. The van der Waals surface area contributed by atoms with E-state index in [9.17, 15) is 9.59 Å². The lowest BCUT2D eigenvalue weighted by atomic mass is 9.85. The van der Waals surface area contributed by atoms with Gasteiger partial charge in [-0.2, -0.15) is 0 Å². The molecule has 1 aliphatic rings. The maximum Gasteiger partial charge on any atom is 0.223 e. The predicted molar refractivity (Wildman–Crippen MR) is 92.6 cm³/mol. The van der Waals surface area contributed by atoms with Crippen LogP contribution in [0, 0.1) is 5.92 Å². The van der Waals surface area contributed by atoms with Crippen LogP contribution in [-0.2, 0) is 11.2 Å². The van der Waals surface area contributed by atoms with Gasteiger partial charge >= 0.3 is 0 Å². The first-order valence-corrected chi connectivity index (χ1v) is 8.51. The van der Waals surface area contributed by atoms with Gasteiger partial charge in [0.2, 0.25) is 5.91 Å². The van der Waals surface area contributed by atoms with Crippen LogP contribution in [0.2, 0.25) is 0 Å². The lowest BCUT2D eigenvalue weighted by Crippen LogP contribution is -2.35. The zero-order valence-electron chi connectivity index (χ0n) is 13.6. The van der Waals surface area contributed by atoms with E-state index in [4.69, 9.17) is 0 Å². The van der Waals surface area contributed by atoms with E-state index < -0.39 is 0 Å². The fraction of sp³-hybridized carbons (Fsp3) is 0.400. The first-order valence-electron chi connectivity index (χ1n) is 8.51. The molecule has 120 valence electrons. The number of carbonyl (C=O) groups is 2. The number of fused-ring (bicyclic) bond motifs is 1. The summed E-state index contributed by atoms with van der Waals surface area (Å²) in [6.07, 6.45) is 4.48. The van der Waals surface area contributed by atoms with E-state index in [1.54, 1.807) is 0 Å². The van der Waals surface area contributed by atoms with E-state index >= 15 is 0 Å². The van der Waals surface area contributed by atoms with E-state index in [0.29, 0.717) is 13.0 Å². The minimum absolute atomic E-state index is 0.163. The number of hydrogen-bond acceptors (Lipinski definition) is 2. The topological polar surface area (TPSA) is 46.2 Å². The molecule has 3 rings (SSSR count). The number of benzene rings is 2. The zero-order valence-corrected chi connectivity index (χ0v) is 13.6. The van der Waals surface area contributed by atoms with E-state index in [2.05, 4.69) is 11.4 Å². The third-order valence-electron chi connectivity index (χ3n) is 4.76. The first kappa shape index (κ1) is 15.7. The van der Waals surface area contributed by atoms with Gasteiger partial charge in [-0.1, -0.05) is 37.6 Å². The Morgan fingerprint density at radius 3 is 2.65 bits per heavy atom. The fourth-order valence-electron chi connectivity index (χ4n) is 3.10. The average Bonchev–Trinajstić information content (AvgIpc) is 2.52. The van der Waals surface area contributed by atoms with Gasteiger partial charge in [-0.25, -0.2) is 0 Å². The molecule has 0 aromatic heterocycles. The number of rotatable bonds is 6. The quantitative estimate of drug-likeness (QED) is 0.823. The van der Waals surface area contributed by atoms with Crippen LogP contribution in [0.4, 0.5) is 0 Å². The van der Waals surface area contributed by atoms with Crippen molar-refractivity contribution in [2.75, 3.05) is 6.54 Å². The van der Waals surface area contributed by atoms with Gasteiger partial charge in [0.25, 0.3) is 0 Å². The maximum atomic E-state index is 12.1. The summed E-state index contributed by atoms with van der Waals surface area (Å²) in [5.41, 5.74) is 1.90. The summed E-state index contributed by atoms with van der Waals surface area (Å²) in [5, 5.41) is 5.29. The molecule has 1 amide bonds. The summed E-state index contributed by atoms with van der Waals surface area (Å²) < 4.78 is 0. The molecule has 0 unspecified atom stereocenters. The highest BCUT2D eigenvalue weighted by molar-refractivity contribution is 6.00. The molecule has 23 heavy (non-hydrogen) atoms. The molecule has 1 saturated carbocycles. The maximum absolute atomic E-state index is 12.1. The van der Waals surface area contributed by atoms with Crippen molar-refractivity contribution in [1.29, 1.82) is 0 Å². The van der Waals surface area contributed by atoms with Gasteiger partial charge in [-0.05, 0) is 47.7 Å². The minimum Gasteiger partial charge on any atom is -0.356 e. The summed E-state index contributed by atoms with van der Waals surface area (Å²) in [4.78, 5) is 24.0. The largest absolute Gasteiger partial charge is 0.356 e. The van der Waals surface area contributed by atoms with Crippen LogP contribution in [0.1, 0.15) is 48.5 Å². The predicted octanol–water partition coefficient (Wildman–Crippen LogP) is 3.89. The van der Waals surface area contributed by atoms with Crippen LogP contribution in [0.5, 0.6) is 0 Å². The average molecular weight is 309 g/mol. The molecule has 0 bridgehead atoms. The summed E-state index contributed by atoms with van der Waals surface area (Å²) in [6.45, 7) is 2.51. The molecule has 3 nitrogen and oxygen atoms in total. The van der Waals surface area contributed by atoms with Crippen LogP contribution in [0.25, 0.3) is 10.8 Å². The van der Waals surface area contributed by atoms with Crippen molar-refractivity contribution in [3.05, 3.63) is 47.5 Å². The number of hydrogen-bond donors (Lipinski definition) is 1. The second kappa shape index (κ2) is 6.95. The second-order valence-electron chi connectivity index (χ2n) is 6.30. The molecule has 0 radical (unpaired) electrons. The molecule has 0 heterocycles. The van der Waals surface area contributed by atoms with Gasteiger partial charge in [-0.3, -0.25) is 9.59 Å². The molecular weight excluding hydrogens is 286 g/mol. The Kier molecular flexibility index (Phi) is 4.75. The molecule has 0 atom stereocenters. The SMILES string of the molecule is CCC(=O)c1cc(CCNC(=O)C2CCC2)c2ccccc2c1. The molecule has 2 aromatic carbocycles. The normalized spacial score (nSPS) is 14.5. The van der Waals surface area contributed by atoms with Crippen LogP contribution < -0.4 is 5.32 Å². The van der Waals surface area contributed by atoms with Crippen LogP contribution in [0.3, 0.4) is 0 Å². The summed E-state index contributed by atoms with van der Waals surface area (Å²) >= 11 is 0. The number of nitrogens with one attached hydrogen (secondary N) is 1. The van der Waals surface area contributed by atoms with Crippen LogP contribution in [0.15, 0.2) is 36.4 Å². The summed E-state index contributed by atoms with van der Waals surface area (Å²) in [7, 11) is 0. The number of carbonyl (C=O) groups excluding carboxylic acids is 2. The summed E-state index contributed by atoms with van der Waals surface area (Å²) in [5.74, 6) is 0.566. The van der Waals surface area contributed by atoms with Crippen molar-refractivity contribution in [2.45, 2.75) is 39.0 Å². The third kappa shape index (κ3) is 3.44. The fourth-order valence-corrected chi connectivity index (χ4v) is 3.10. The highest BCUT2D eigenvalue weighted by Crippen LogP contribution is 2.26. The van der Waals surface area contributed by atoms with Gasteiger partial charge in [0.15, 0.2) is 5.78 Å². The van der Waals surface area contributed by atoms with Crippen molar-refractivity contribution >= 4 is 22.5 Å². The van der Waals surface area contributed by atoms with E-state index in [-0.39, 0.29) is 17.6 Å². The minimum atomic E-state index is 0.163. The van der Waals surface area contributed by atoms with Crippen molar-refractivity contribution in [2.24, 2.45) is 5.92 Å². The van der Waals surface area contributed by atoms with Crippen molar-refractivity contribution in [3.8, 4) is 0 Å².